The predicted octanol–water partition coefficient (Wildman–Crippen LogP) is 3.80. The van der Waals surface area contributed by atoms with Crippen LogP contribution in [0.1, 0.15) is 28.4 Å². The summed E-state index contributed by atoms with van der Waals surface area (Å²) in [5.41, 5.74) is 2.21. The van der Waals surface area contributed by atoms with Crippen LogP contribution in [0.5, 0.6) is 0 Å². The Hall–Kier alpha value is -2.24. The first-order valence-corrected chi connectivity index (χ1v) is 6.95. The van der Waals surface area contributed by atoms with Crippen LogP contribution in [0.25, 0.3) is 11.1 Å². The van der Waals surface area contributed by atoms with E-state index in [1.165, 1.54) is 11.9 Å². The van der Waals surface area contributed by atoms with Gasteiger partial charge in [0, 0.05) is 37.0 Å². The number of amides is 1. The normalized spacial score (nSPS) is 18.5. The minimum Gasteiger partial charge on any atom is -0.363 e. The molecule has 0 aliphatic carbocycles. The lowest BCUT2D eigenvalue weighted by atomic mass is 9.90. The molecule has 0 spiro atoms. The number of likely N-dealkylation sites (N-methyl/N-ethyl adjacent to an activating group) is 1. The number of rotatable bonds is 2. The molecule has 1 aliphatic rings. The van der Waals surface area contributed by atoms with Crippen molar-refractivity contribution in [2.75, 3.05) is 13.6 Å². The molecule has 3 rings (SSSR count). The number of nitrogens with one attached hydrogen (secondary N) is 1. The van der Waals surface area contributed by atoms with Gasteiger partial charge in [0.05, 0.1) is 12.0 Å². The van der Waals surface area contributed by atoms with Crippen LogP contribution >= 0.6 is 0 Å². The van der Waals surface area contributed by atoms with Gasteiger partial charge in [-0.2, -0.15) is 13.2 Å². The van der Waals surface area contributed by atoms with Gasteiger partial charge in [-0.05, 0) is 5.56 Å². The second-order valence-corrected chi connectivity index (χ2v) is 5.56. The molecule has 3 nitrogen and oxygen atoms in total. The van der Waals surface area contributed by atoms with Gasteiger partial charge in [0.15, 0.2) is 0 Å². The van der Waals surface area contributed by atoms with Crippen molar-refractivity contribution in [1.82, 2.24) is 9.88 Å². The molecule has 2 aromatic rings. The fourth-order valence-electron chi connectivity index (χ4n) is 2.98. The number of H-pyrrole nitrogens is 1. The number of alkyl halides is 3. The van der Waals surface area contributed by atoms with E-state index in [0.29, 0.717) is 16.8 Å². The number of halogens is 3. The van der Waals surface area contributed by atoms with Crippen LogP contribution in [-0.2, 0) is 0 Å². The zero-order valence-corrected chi connectivity index (χ0v) is 11.9. The first kappa shape index (κ1) is 14.7. The number of nitrogens with zero attached hydrogens (tertiary/aromatic N) is 1. The number of aromatic amines is 1. The minimum atomic E-state index is -4.26. The van der Waals surface area contributed by atoms with Crippen molar-refractivity contribution in [2.45, 2.75) is 18.5 Å². The Morgan fingerprint density at radius 1 is 1.27 bits per heavy atom. The average molecular weight is 308 g/mol. The summed E-state index contributed by atoms with van der Waals surface area (Å²) < 4.78 is 38.3. The maximum atomic E-state index is 12.8. The van der Waals surface area contributed by atoms with Gasteiger partial charge in [-0.3, -0.25) is 4.79 Å². The van der Waals surface area contributed by atoms with Crippen molar-refractivity contribution in [3.8, 4) is 11.1 Å². The molecule has 1 atom stereocenters. The molecular formula is C16H15F3N2O. The summed E-state index contributed by atoms with van der Waals surface area (Å²) in [5, 5.41) is 0. The van der Waals surface area contributed by atoms with Gasteiger partial charge < -0.3 is 9.88 Å². The first-order chi connectivity index (χ1) is 10.4. The van der Waals surface area contributed by atoms with E-state index < -0.39 is 18.5 Å². The third-order valence-corrected chi connectivity index (χ3v) is 3.94. The van der Waals surface area contributed by atoms with Gasteiger partial charge in [-0.25, -0.2) is 0 Å². The van der Waals surface area contributed by atoms with Crippen molar-refractivity contribution in [1.29, 1.82) is 0 Å². The molecule has 0 radical (unpaired) electrons. The number of carbonyl (C=O) groups is 1. The smallest absolute Gasteiger partial charge is 0.363 e. The largest absolute Gasteiger partial charge is 0.389 e. The summed E-state index contributed by atoms with van der Waals surface area (Å²) in [7, 11) is 1.54. The van der Waals surface area contributed by atoms with Crippen molar-refractivity contribution in [2.24, 2.45) is 0 Å². The van der Waals surface area contributed by atoms with Gasteiger partial charge in [0.25, 0.3) is 5.91 Å². The Bertz CT molecular complexity index is 691. The number of carbonyl (C=O) groups excluding carboxylic acids is 1. The molecule has 2 heterocycles. The molecule has 1 unspecified atom stereocenters. The van der Waals surface area contributed by atoms with Gasteiger partial charge in [0.1, 0.15) is 0 Å². The molecule has 1 aromatic carbocycles. The Labute approximate surface area is 125 Å². The maximum Gasteiger partial charge on any atom is 0.389 e. The molecule has 22 heavy (non-hydrogen) atoms. The Kier molecular flexibility index (Phi) is 3.47. The van der Waals surface area contributed by atoms with Crippen LogP contribution < -0.4 is 0 Å². The quantitative estimate of drug-likeness (QED) is 0.900. The highest BCUT2D eigenvalue weighted by Gasteiger charge is 2.40. The summed E-state index contributed by atoms with van der Waals surface area (Å²) >= 11 is 0. The first-order valence-electron chi connectivity index (χ1n) is 6.95. The summed E-state index contributed by atoms with van der Waals surface area (Å²) in [6.45, 7) is 0.0695. The molecule has 1 aliphatic heterocycles. The van der Waals surface area contributed by atoms with E-state index in [-0.39, 0.29) is 12.5 Å². The fourth-order valence-corrected chi connectivity index (χ4v) is 2.98. The van der Waals surface area contributed by atoms with Crippen molar-refractivity contribution in [3.63, 3.8) is 0 Å². The minimum absolute atomic E-state index is 0.0695. The van der Waals surface area contributed by atoms with Crippen LogP contribution in [0.3, 0.4) is 0 Å². The predicted molar refractivity (Wildman–Crippen MR) is 76.6 cm³/mol. The van der Waals surface area contributed by atoms with E-state index in [1.54, 1.807) is 6.20 Å². The van der Waals surface area contributed by atoms with Gasteiger partial charge >= 0.3 is 6.18 Å². The van der Waals surface area contributed by atoms with E-state index in [1.807, 2.05) is 30.3 Å². The zero-order valence-electron chi connectivity index (χ0n) is 11.9. The van der Waals surface area contributed by atoms with Crippen LogP contribution in [0, 0.1) is 0 Å². The van der Waals surface area contributed by atoms with Crippen molar-refractivity contribution >= 4 is 5.91 Å². The average Bonchev–Trinajstić information content (AvgIpc) is 2.89. The lowest BCUT2D eigenvalue weighted by Gasteiger charge is -2.30. The topological polar surface area (TPSA) is 36.1 Å². The molecule has 1 aromatic heterocycles. The molecule has 0 saturated carbocycles. The third kappa shape index (κ3) is 2.61. The summed E-state index contributed by atoms with van der Waals surface area (Å²) in [5.74, 6) is -0.997. The second-order valence-electron chi connectivity index (χ2n) is 5.56. The van der Waals surface area contributed by atoms with E-state index in [2.05, 4.69) is 4.98 Å². The number of hydrogen-bond acceptors (Lipinski definition) is 1. The van der Waals surface area contributed by atoms with Crippen LogP contribution in [0.4, 0.5) is 13.2 Å². The maximum absolute atomic E-state index is 12.8. The van der Waals surface area contributed by atoms with E-state index in [9.17, 15) is 18.0 Å². The second kappa shape index (κ2) is 5.19. The summed E-state index contributed by atoms with van der Waals surface area (Å²) in [6.07, 6.45) is -3.58. The Morgan fingerprint density at radius 3 is 2.59 bits per heavy atom. The van der Waals surface area contributed by atoms with Crippen molar-refractivity contribution < 1.29 is 18.0 Å². The summed E-state index contributed by atoms with van der Waals surface area (Å²) in [4.78, 5) is 16.7. The van der Waals surface area contributed by atoms with Crippen LogP contribution in [0.2, 0.25) is 0 Å². The number of aromatic nitrogens is 1. The number of benzene rings is 1. The molecule has 0 saturated heterocycles. The molecule has 1 N–H and O–H groups in total. The van der Waals surface area contributed by atoms with E-state index in [4.69, 9.17) is 0 Å². The van der Waals surface area contributed by atoms with Gasteiger partial charge in [-0.15, -0.1) is 0 Å². The lowest BCUT2D eigenvalue weighted by molar-refractivity contribution is -0.139. The highest BCUT2D eigenvalue weighted by molar-refractivity contribution is 6.03. The fraction of sp³-hybridized carbons (Fsp3) is 0.312. The Balaban J connectivity index is 2.07. The van der Waals surface area contributed by atoms with Crippen LogP contribution in [0.15, 0.2) is 36.5 Å². The molecule has 6 heteroatoms. The Morgan fingerprint density at radius 2 is 1.95 bits per heavy atom. The summed E-state index contributed by atoms with van der Waals surface area (Å²) in [6, 6.07) is 9.19. The van der Waals surface area contributed by atoms with Crippen molar-refractivity contribution in [3.05, 3.63) is 47.8 Å². The highest BCUT2D eigenvalue weighted by Crippen LogP contribution is 2.39. The lowest BCUT2D eigenvalue weighted by Crippen LogP contribution is -2.38. The third-order valence-electron chi connectivity index (χ3n) is 3.94. The van der Waals surface area contributed by atoms with Gasteiger partial charge in [-0.1, -0.05) is 30.3 Å². The van der Waals surface area contributed by atoms with Crippen LogP contribution in [-0.4, -0.2) is 35.6 Å². The molecule has 1 amide bonds. The molecule has 0 fully saturated rings. The number of fused-ring (bicyclic) bond motifs is 1. The van der Waals surface area contributed by atoms with E-state index in [0.717, 1.165) is 5.56 Å². The highest BCUT2D eigenvalue weighted by atomic mass is 19.4. The monoisotopic (exact) mass is 308 g/mol. The standard InChI is InChI=1S/C16H15F3N2O/c1-21-9-11(7-16(17,18)19)14-13(15(21)22)12(8-20-14)10-5-3-2-4-6-10/h2-6,8,11,20H,7,9H2,1H3. The number of hydrogen-bond donors (Lipinski definition) is 1. The van der Waals surface area contributed by atoms with Gasteiger partial charge in [0.2, 0.25) is 0 Å². The molecule has 116 valence electrons. The van der Waals surface area contributed by atoms with E-state index >= 15 is 0 Å². The zero-order chi connectivity index (χ0) is 15.9. The SMILES string of the molecule is CN1CC(CC(F)(F)F)c2[nH]cc(-c3ccccc3)c2C1=O. The molecule has 0 bridgehead atoms. The molecular weight excluding hydrogens is 293 g/mol.